The predicted molar refractivity (Wildman–Crippen MR) is 53.7 cm³/mol. The molecule has 1 fully saturated rings. The molecule has 0 bridgehead atoms. The first-order chi connectivity index (χ1) is 6.06. The van der Waals surface area contributed by atoms with E-state index < -0.39 is 0 Å². The number of aliphatic imine (C=N–C) groups is 1. The Labute approximate surface area is 79.6 Å². The summed E-state index contributed by atoms with van der Waals surface area (Å²) in [5.41, 5.74) is 5.54. The van der Waals surface area contributed by atoms with Crippen LogP contribution in [0.3, 0.4) is 0 Å². The van der Waals surface area contributed by atoms with Gasteiger partial charge in [0.15, 0.2) is 5.96 Å². The summed E-state index contributed by atoms with van der Waals surface area (Å²) in [7, 11) is 0. The zero-order valence-corrected chi connectivity index (χ0v) is 8.63. The first-order valence-corrected chi connectivity index (χ1v) is 4.76. The number of rotatable bonds is 2. The van der Waals surface area contributed by atoms with Crippen LogP contribution in [-0.4, -0.2) is 30.8 Å². The van der Waals surface area contributed by atoms with E-state index in [-0.39, 0.29) is 11.6 Å². The van der Waals surface area contributed by atoms with Crippen LogP contribution in [0.1, 0.15) is 27.2 Å². The predicted octanol–water partition coefficient (Wildman–Crippen LogP) is 0.478. The van der Waals surface area contributed by atoms with Crippen molar-refractivity contribution in [2.75, 3.05) is 13.2 Å². The molecule has 1 rings (SSSR count). The lowest BCUT2D eigenvalue weighted by Gasteiger charge is -2.26. The minimum absolute atomic E-state index is 0.131. The monoisotopic (exact) mass is 185 g/mol. The van der Waals surface area contributed by atoms with E-state index in [0.717, 1.165) is 13.0 Å². The van der Waals surface area contributed by atoms with Gasteiger partial charge in [-0.1, -0.05) is 0 Å². The van der Waals surface area contributed by atoms with Gasteiger partial charge in [0.05, 0.1) is 11.6 Å². The summed E-state index contributed by atoms with van der Waals surface area (Å²) < 4.78 is 5.56. The smallest absolute Gasteiger partial charge is 0.188 e. The molecule has 1 saturated heterocycles. The Bertz CT molecular complexity index is 201. The second-order valence-electron chi connectivity index (χ2n) is 3.80. The highest BCUT2D eigenvalue weighted by Gasteiger charge is 2.35. The third-order valence-electron chi connectivity index (χ3n) is 2.37. The molecule has 13 heavy (non-hydrogen) atoms. The van der Waals surface area contributed by atoms with Gasteiger partial charge in [0.1, 0.15) is 0 Å². The molecular formula is C9H19N3O. The van der Waals surface area contributed by atoms with E-state index >= 15 is 0 Å². The Kier molecular flexibility index (Phi) is 3.14. The van der Waals surface area contributed by atoms with Gasteiger partial charge < -0.3 is 15.8 Å². The Balaban J connectivity index is 2.49. The quantitative estimate of drug-likeness (QED) is 0.486. The molecule has 4 nitrogen and oxygen atoms in total. The Morgan fingerprint density at radius 1 is 1.69 bits per heavy atom. The maximum absolute atomic E-state index is 5.67. The molecule has 0 amide bonds. The molecule has 0 radical (unpaired) electrons. The van der Waals surface area contributed by atoms with E-state index in [2.05, 4.69) is 24.2 Å². The molecule has 1 unspecified atom stereocenters. The maximum Gasteiger partial charge on any atom is 0.188 e. The van der Waals surface area contributed by atoms with Crippen molar-refractivity contribution in [3.8, 4) is 0 Å². The average Bonchev–Trinajstić information content (AvgIpc) is 2.31. The normalized spacial score (nSPS) is 27.6. The van der Waals surface area contributed by atoms with Gasteiger partial charge in [-0.25, -0.2) is 0 Å². The van der Waals surface area contributed by atoms with Crippen molar-refractivity contribution in [2.24, 2.45) is 10.7 Å². The Morgan fingerprint density at radius 3 is 2.85 bits per heavy atom. The van der Waals surface area contributed by atoms with Crippen LogP contribution < -0.4 is 11.1 Å². The van der Waals surface area contributed by atoms with Crippen molar-refractivity contribution < 1.29 is 4.74 Å². The van der Waals surface area contributed by atoms with Gasteiger partial charge in [-0.2, -0.15) is 0 Å². The van der Waals surface area contributed by atoms with Gasteiger partial charge >= 0.3 is 0 Å². The maximum atomic E-state index is 5.67. The fourth-order valence-electron chi connectivity index (χ4n) is 1.53. The fourth-order valence-corrected chi connectivity index (χ4v) is 1.53. The first kappa shape index (κ1) is 10.3. The molecule has 4 heteroatoms. The van der Waals surface area contributed by atoms with Gasteiger partial charge in [0.2, 0.25) is 0 Å². The van der Waals surface area contributed by atoms with Crippen LogP contribution in [0.15, 0.2) is 4.99 Å². The third-order valence-corrected chi connectivity index (χ3v) is 2.37. The summed E-state index contributed by atoms with van der Waals surface area (Å²) in [5.74, 6) is 0.520. The molecular weight excluding hydrogens is 166 g/mol. The highest BCUT2D eigenvalue weighted by Crippen LogP contribution is 2.24. The minimum atomic E-state index is -0.131. The zero-order chi connectivity index (χ0) is 9.90. The lowest BCUT2D eigenvalue weighted by molar-refractivity contribution is 0.0249. The van der Waals surface area contributed by atoms with Crippen LogP contribution in [0.2, 0.25) is 0 Å². The van der Waals surface area contributed by atoms with E-state index in [1.54, 1.807) is 0 Å². The average molecular weight is 185 g/mol. The fraction of sp³-hybridized carbons (Fsp3) is 0.889. The van der Waals surface area contributed by atoms with Crippen molar-refractivity contribution in [3.05, 3.63) is 0 Å². The highest BCUT2D eigenvalue weighted by molar-refractivity contribution is 5.78. The number of hydrogen-bond acceptors (Lipinski definition) is 2. The molecule has 1 aliphatic rings. The standard InChI is InChI=1S/C9H19N3O/c1-4-11-8(10)12-7-5-6-13-9(7,2)3/h7H,4-6H2,1-3H3,(H3,10,11,12). The number of hydrogen-bond donors (Lipinski definition) is 2. The highest BCUT2D eigenvalue weighted by atomic mass is 16.5. The van der Waals surface area contributed by atoms with Crippen molar-refractivity contribution >= 4 is 5.96 Å². The van der Waals surface area contributed by atoms with Gasteiger partial charge in [0, 0.05) is 13.2 Å². The number of guanidine groups is 1. The van der Waals surface area contributed by atoms with Crippen LogP contribution in [0.5, 0.6) is 0 Å². The second kappa shape index (κ2) is 3.96. The van der Waals surface area contributed by atoms with E-state index in [9.17, 15) is 0 Å². The largest absolute Gasteiger partial charge is 0.373 e. The summed E-state index contributed by atoms with van der Waals surface area (Å²) in [4.78, 5) is 4.08. The van der Waals surface area contributed by atoms with Crippen LogP contribution in [-0.2, 0) is 4.74 Å². The van der Waals surface area contributed by atoms with Gasteiger partial charge in [-0.05, 0) is 27.2 Å². The van der Waals surface area contributed by atoms with Crippen molar-refractivity contribution in [1.29, 1.82) is 0 Å². The first-order valence-electron chi connectivity index (χ1n) is 4.76. The molecule has 0 aromatic carbocycles. The summed E-state index contributed by atoms with van der Waals surface area (Å²) in [6, 6.07) is 0.280. The molecule has 0 spiro atoms. The molecule has 0 aromatic rings. The summed E-state index contributed by atoms with van der Waals surface area (Å²) in [5, 5.41) is 3.17. The summed E-state index contributed by atoms with van der Waals surface area (Å²) in [6.45, 7) is 7.61. The number of nitrogens with one attached hydrogen (secondary N) is 1. The van der Waals surface area contributed by atoms with Gasteiger partial charge in [-0.3, -0.25) is 4.99 Å². The van der Waals surface area contributed by atoms with E-state index in [1.807, 2.05) is 6.92 Å². The lowest BCUT2D eigenvalue weighted by Crippen LogP contribution is -2.48. The van der Waals surface area contributed by atoms with Crippen molar-refractivity contribution in [2.45, 2.75) is 38.8 Å². The van der Waals surface area contributed by atoms with Gasteiger partial charge in [-0.15, -0.1) is 0 Å². The second-order valence-corrected chi connectivity index (χ2v) is 3.80. The number of nitrogens with zero attached hydrogens (tertiary/aromatic N) is 1. The summed E-state index contributed by atoms with van der Waals surface area (Å²) in [6.07, 6.45) is 0.993. The lowest BCUT2D eigenvalue weighted by atomic mass is 9.99. The van der Waals surface area contributed by atoms with Crippen LogP contribution >= 0.6 is 0 Å². The van der Waals surface area contributed by atoms with Crippen LogP contribution in [0.25, 0.3) is 0 Å². The van der Waals surface area contributed by atoms with Crippen LogP contribution in [0, 0.1) is 0 Å². The molecule has 76 valence electrons. The summed E-state index contributed by atoms with van der Waals surface area (Å²) >= 11 is 0. The number of nitrogens with two attached hydrogens (primary N) is 1. The van der Waals surface area contributed by atoms with Crippen molar-refractivity contribution in [1.82, 2.24) is 5.32 Å². The molecule has 1 aliphatic heterocycles. The van der Waals surface area contributed by atoms with E-state index in [1.165, 1.54) is 0 Å². The molecule has 0 aromatic heterocycles. The van der Waals surface area contributed by atoms with E-state index in [0.29, 0.717) is 12.5 Å². The minimum Gasteiger partial charge on any atom is -0.373 e. The van der Waals surface area contributed by atoms with Crippen LogP contribution in [0.4, 0.5) is 0 Å². The molecule has 0 saturated carbocycles. The molecule has 1 heterocycles. The zero-order valence-electron chi connectivity index (χ0n) is 8.63. The number of ether oxygens (including phenoxy) is 1. The third kappa shape index (κ3) is 2.59. The van der Waals surface area contributed by atoms with E-state index in [4.69, 9.17) is 10.5 Å². The Morgan fingerprint density at radius 2 is 2.38 bits per heavy atom. The SMILES string of the molecule is CCN=C(N)NC1CCOC1(C)C. The van der Waals surface area contributed by atoms with Crippen molar-refractivity contribution in [3.63, 3.8) is 0 Å². The Hall–Kier alpha value is -0.770. The topological polar surface area (TPSA) is 59.6 Å². The molecule has 1 atom stereocenters. The van der Waals surface area contributed by atoms with Gasteiger partial charge in [0.25, 0.3) is 0 Å². The molecule has 3 N–H and O–H groups in total. The molecule has 0 aliphatic carbocycles.